The van der Waals surface area contributed by atoms with Crippen LogP contribution in [0, 0.1) is 0 Å². The minimum Gasteiger partial charge on any atom is -0.309 e. The fourth-order valence-electron chi connectivity index (χ4n) is 10.00. The molecule has 0 unspecified atom stereocenters. The third-order valence-corrected chi connectivity index (χ3v) is 13.4. The van der Waals surface area contributed by atoms with Gasteiger partial charge in [-0.05, 0) is 94.0 Å². The van der Waals surface area contributed by atoms with Crippen LogP contribution in [0.2, 0.25) is 0 Å². The van der Waals surface area contributed by atoms with Gasteiger partial charge in [-0.25, -0.2) is 9.97 Å². The van der Waals surface area contributed by atoms with E-state index in [1.165, 1.54) is 66.0 Å². The second kappa shape index (κ2) is 16.4. The predicted molar refractivity (Wildman–Crippen MR) is 283 cm³/mol. The third kappa shape index (κ3) is 6.86. The fourth-order valence-corrected chi connectivity index (χ4v) is 10.00. The highest BCUT2D eigenvalue weighted by atomic mass is 15.0. The van der Waals surface area contributed by atoms with E-state index in [0.717, 1.165) is 50.5 Å². The molecule has 0 fully saturated rings. The maximum absolute atomic E-state index is 5.14. The highest BCUT2D eigenvalue weighted by Crippen LogP contribution is 2.39. The molecule has 68 heavy (non-hydrogen) atoms. The lowest BCUT2D eigenvalue weighted by atomic mass is 10.0. The average molecular weight is 867 g/mol. The molecule has 0 radical (unpaired) electrons. The zero-order valence-corrected chi connectivity index (χ0v) is 37.0. The van der Waals surface area contributed by atoms with Gasteiger partial charge in [0.1, 0.15) is 0 Å². The number of rotatable bonds is 8. The topological polar surface area (TPSA) is 35.6 Å². The molecule has 0 spiro atoms. The van der Waals surface area contributed by atoms with Gasteiger partial charge in [0.2, 0.25) is 0 Å². The van der Waals surface area contributed by atoms with E-state index in [-0.39, 0.29) is 0 Å². The van der Waals surface area contributed by atoms with Crippen LogP contribution in [0.25, 0.3) is 122 Å². The molecule has 3 aromatic heterocycles. The quantitative estimate of drug-likeness (QED) is 0.153. The van der Waals surface area contributed by atoms with Crippen molar-refractivity contribution in [3.8, 4) is 78.7 Å². The van der Waals surface area contributed by atoms with Crippen molar-refractivity contribution in [2.45, 2.75) is 0 Å². The maximum atomic E-state index is 5.14. The van der Waals surface area contributed by atoms with Gasteiger partial charge >= 0.3 is 0 Å². The van der Waals surface area contributed by atoms with Gasteiger partial charge in [0.05, 0.1) is 33.5 Å². The molecular weight excluding hydrogens is 825 g/mol. The van der Waals surface area contributed by atoms with Crippen LogP contribution in [-0.2, 0) is 0 Å². The Morgan fingerprint density at radius 3 is 1.16 bits per heavy atom. The first-order chi connectivity index (χ1) is 33.7. The lowest BCUT2D eigenvalue weighted by Gasteiger charge is -2.12. The van der Waals surface area contributed by atoms with Crippen LogP contribution >= 0.6 is 0 Å². The van der Waals surface area contributed by atoms with E-state index in [1.54, 1.807) is 0 Å². The molecule has 0 aliphatic carbocycles. The first kappa shape index (κ1) is 39.3. The molecule has 10 aromatic carbocycles. The molecule has 13 rings (SSSR count). The largest absolute Gasteiger partial charge is 0.309 e. The van der Waals surface area contributed by atoms with E-state index in [0.29, 0.717) is 5.82 Å². The Kier molecular flexibility index (Phi) is 9.47. The van der Waals surface area contributed by atoms with E-state index in [4.69, 9.17) is 9.97 Å². The van der Waals surface area contributed by atoms with Gasteiger partial charge in [0.25, 0.3) is 0 Å². The molecule has 0 N–H and O–H groups in total. The Balaban J connectivity index is 0.875. The summed E-state index contributed by atoms with van der Waals surface area (Å²) in [7, 11) is 0. The van der Waals surface area contributed by atoms with Crippen LogP contribution in [0.1, 0.15) is 0 Å². The Morgan fingerprint density at radius 2 is 0.588 bits per heavy atom. The van der Waals surface area contributed by atoms with Crippen molar-refractivity contribution in [3.05, 3.63) is 255 Å². The Hall–Kier alpha value is -9.12. The molecule has 4 nitrogen and oxygen atoms in total. The van der Waals surface area contributed by atoms with Crippen molar-refractivity contribution in [1.82, 2.24) is 19.1 Å². The highest BCUT2D eigenvalue weighted by molar-refractivity contribution is 6.12. The molecular formula is C64H42N4. The standard InChI is InChI=1S/C64H42N4/c1-4-14-43(15-5-1)45-24-26-47(27-25-45)58-42-59(66-64(65-58)49-18-8-3-9-19-49)48-30-36-52(37-31-48)67-61-23-13-11-21-55(61)57-40-50(33-39-62(57)67)51-32-38-56-54-20-10-12-22-60(54)68(63(56)41-51)53-34-28-46(29-35-53)44-16-6-2-7-17-44/h1-42H. The third-order valence-electron chi connectivity index (χ3n) is 13.4. The Morgan fingerprint density at radius 1 is 0.221 bits per heavy atom. The number of hydrogen-bond acceptors (Lipinski definition) is 2. The molecule has 318 valence electrons. The van der Waals surface area contributed by atoms with Crippen LogP contribution in [0.4, 0.5) is 0 Å². The van der Waals surface area contributed by atoms with Crippen molar-refractivity contribution >= 4 is 43.6 Å². The van der Waals surface area contributed by atoms with Crippen LogP contribution < -0.4 is 0 Å². The summed E-state index contributed by atoms with van der Waals surface area (Å²) in [6.45, 7) is 0. The first-order valence-corrected chi connectivity index (χ1v) is 23.1. The van der Waals surface area contributed by atoms with Gasteiger partial charge in [-0.3, -0.25) is 0 Å². The van der Waals surface area contributed by atoms with E-state index >= 15 is 0 Å². The van der Waals surface area contributed by atoms with Gasteiger partial charge in [-0.1, -0.05) is 194 Å². The fraction of sp³-hybridized carbons (Fsp3) is 0. The van der Waals surface area contributed by atoms with Crippen LogP contribution in [0.15, 0.2) is 255 Å². The zero-order valence-electron chi connectivity index (χ0n) is 37.0. The van der Waals surface area contributed by atoms with E-state index < -0.39 is 0 Å². The number of hydrogen-bond donors (Lipinski definition) is 0. The van der Waals surface area contributed by atoms with Gasteiger partial charge < -0.3 is 9.13 Å². The Bertz CT molecular complexity index is 3960. The maximum Gasteiger partial charge on any atom is 0.160 e. The Labute approximate surface area is 394 Å². The molecule has 0 aliphatic rings. The van der Waals surface area contributed by atoms with Crippen molar-refractivity contribution in [2.24, 2.45) is 0 Å². The van der Waals surface area contributed by atoms with E-state index in [1.807, 2.05) is 24.3 Å². The number of para-hydroxylation sites is 2. The van der Waals surface area contributed by atoms with Gasteiger partial charge in [0, 0.05) is 49.6 Å². The lowest BCUT2D eigenvalue weighted by Crippen LogP contribution is -1.97. The zero-order chi connectivity index (χ0) is 45.0. The van der Waals surface area contributed by atoms with Gasteiger partial charge in [-0.2, -0.15) is 0 Å². The molecule has 3 heterocycles. The van der Waals surface area contributed by atoms with Crippen molar-refractivity contribution < 1.29 is 0 Å². The molecule has 0 saturated heterocycles. The lowest BCUT2D eigenvalue weighted by molar-refractivity contribution is 1.17. The second-order valence-corrected chi connectivity index (χ2v) is 17.4. The molecule has 13 aromatic rings. The molecule has 0 atom stereocenters. The summed E-state index contributed by atoms with van der Waals surface area (Å²) in [5.41, 5.74) is 18.9. The number of aromatic nitrogens is 4. The van der Waals surface area contributed by atoms with Crippen molar-refractivity contribution in [2.75, 3.05) is 0 Å². The second-order valence-electron chi connectivity index (χ2n) is 17.4. The van der Waals surface area contributed by atoms with Crippen molar-refractivity contribution in [1.29, 1.82) is 0 Å². The van der Waals surface area contributed by atoms with E-state index in [2.05, 4.69) is 240 Å². The normalized spacial score (nSPS) is 11.5. The van der Waals surface area contributed by atoms with Gasteiger partial charge in [-0.15, -0.1) is 0 Å². The summed E-state index contributed by atoms with van der Waals surface area (Å²) in [5.74, 6) is 0.700. The van der Waals surface area contributed by atoms with Crippen molar-refractivity contribution in [3.63, 3.8) is 0 Å². The molecule has 0 bridgehead atoms. The summed E-state index contributed by atoms with van der Waals surface area (Å²) in [6.07, 6.45) is 0. The van der Waals surface area contributed by atoms with Gasteiger partial charge in [0.15, 0.2) is 5.82 Å². The SMILES string of the molecule is c1ccc(-c2ccc(-c3cc(-c4ccc(-n5c6ccccc6c6cc(-c7ccc8c9ccccc9n(-c9ccc(-c%10ccccc%10)cc9)c8c7)ccc65)cc4)nc(-c4ccccc4)n3)cc2)cc1. The number of benzene rings is 10. The number of nitrogens with zero attached hydrogens (tertiary/aromatic N) is 4. The predicted octanol–water partition coefficient (Wildman–Crippen LogP) is 16.7. The summed E-state index contributed by atoms with van der Waals surface area (Å²) >= 11 is 0. The molecule has 0 saturated carbocycles. The average Bonchev–Trinajstić information content (AvgIpc) is 3.94. The summed E-state index contributed by atoms with van der Waals surface area (Å²) in [5, 5.41) is 4.92. The minimum absolute atomic E-state index is 0.700. The van der Waals surface area contributed by atoms with Crippen LogP contribution in [0.5, 0.6) is 0 Å². The van der Waals surface area contributed by atoms with E-state index in [9.17, 15) is 0 Å². The highest BCUT2D eigenvalue weighted by Gasteiger charge is 2.18. The summed E-state index contributed by atoms with van der Waals surface area (Å²) in [4.78, 5) is 10.2. The van der Waals surface area contributed by atoms with Crippen LogP contribution in [0.3, 0.4) is 0 Å². The first-order valence-electron chi connectivity index (χ1n) is 23.1. The molecule has 0 aliphatic heterocycles. The smallest absolute Gasteiger partial charge is 0.160 e. The minimum atomic E-state index is 0.700. The summed E-state index contributed by atoms with van der Waals surface area (Å²) in [6, 6.07) is 91.1. The van der Waals surface area contributed by atoms with Crippen LogP contribution in [-0.4, -0.2) is 19.1 Å². The number of fused-ring (bicyclic) bond motifs is 6. The molecule has 4 heteroatoms. The monoisotopic (exact) mass is 866 g/mol. The summed E-state index contributed by atoms with van der Waals surface area (Å²) < 4.78 is 4.79. The molecule has 0 amide bonds.